The van der Waals surface area contributed by atoms with E-state index in [-0.39, 0.29) is 11.4 Å². The number of rotatable bonds is 2. The van der Waals surface area contributed by atoms with Gasteiger partial charge in [0.1, 0.15) is 0 Å². The number of thioether (sulfide) groups is 1. The molecule has 0 spiro atoms. The Kier molecular flexibility index (Phi) is 3.21. The van der Waals surface area contributed by atoms with E-state index >= 15 is 0 Å². The van der Waals surface area contributed by atoms with Crippen molar-refractivity contribution in [3.05, 3.63) is 58.3 Å². The first-order valence-electron chi connectivity index (χ1n) is 5.51. The van der Waals surface area contributed by atoms with Gasteiger partial charge in [0, 0.05) is 9.77 Å². The Balaban J connectivity index is 1.80. The molecular weight excluding hydrogens is 264 g/mol. The zero-order valence-corrected chi connectivity index (χ0v) is 11.0. The van der Waals surface area contributed by atoms with Gasteiger partial charge in [0.15, 0.2) is 5.44 Å². The number of hydrogen-bond donors (Lipinski definition) is 0. The summed E-state index contributed by atoms with van der Waals surface area (Å²) >= 11 is 3.22. The highest BCUT2D eigenvalue weighted by Gasteiger charge is 2.24. The van der Waals surface area contributed by atoms with Crippen LogP contribution in [0.4, 0.5) is 0 Å². The summed E-state index contributed by atoms with van der Waals surface area (Å²) in [6, 6.07) is 11.6. The molecule has 0 radical (unpaired) electrons. The minimum Gasteiger partial charge on any atom is -0.443 e. The number of esters is 1. The number of ether oxygens (including phenoxy) is 1. The largest absolute Gasteiger partial charge is 0.443 e. The first-order chi connectivity index (χ1) is 8.83. The van der Waals surface area contributed by atoms with Crippen LogP contribution < -0.4 is 0 Å². The van der Waals surface area contributed by atoms with Crippen molar-refractivity contribution < 1.29 is 9.53 Å². The van der Waals surface area contributed by atoms with E-state index < -0.39 is 0 Å². The second-order valence-corrected chi connectivity index (χ2v) is 5.88. The Morgan fingerprint density at radius 3 is 2.89 bits per heavy atom. The van der Waals surface area contributed by atoms with Gasteiger partial charge in [-0.1, -0.05) is 30.0 Å². The summed E-state index contributed by atoms with van der Waals surface area (Å²) in [5.74, 6) is -0.245. The SMILES string of the molecule is O=C1OC(/C=C/c2cccs2)Sc2ccccc21. The highest BCUT2D eigenvalue weighted by Crippen LogP contribution is 2.34. The van der Waals surface area contributed by atoms with Crippen LogP contribution in [0.15, 0.2) is 52.7 Å². The maximum atomic E-state index is 11.8. The number of thiophene rings is 1. The first-order valence-corrected chi connectivity index (χ1v) is 7.27. The standard InChI is InChI=1S/C14H10O2S2/c15-14-11-5-1-2-6-12(11)18-13(16-14)8-7-10-4-3-9-17-10/h1-9,13H/b8-7+. The van der Waals surface area contributed by atoms with Crippen molar-refractivity contribution in [2.75, 3.05) is 0 Å². The monoisotopic (exact) mass is 274 g/mol. The van der Waals surface area contributed by atoms with Crippen LogP contribution in [0.25, 0.3) is 6.08 Å². The lowest BCUT2D eigenvalue weighted by molar-refractivity contribution is 0.0497. The second-order valence-electron chi connectivity index (χ2n) is 3.76. The number of carbonyl (C=O) groups is 1. The molecule has 0 N–H and O–H groups in total. The minimum absolute atomic E-state index is 0.241. The van der Waals surface area contributed by atoms with E-state index in [1.54, 1.807) is 29.2 Å². The smallest absolute Gasteiger partial charge is 0.340 e. The lowest BCUT2D eigenvalue weighted by Gasteiger charge is -2.21. The molecule has 2 nitrogen and oxygen atoms in total. The van der Waals surface area contributed by atoms with Crippen LogP contribution in [-0.2, 0) is 4.74 Å². The number of benzene rings is 1. The predicted molar refractivity (Wildman–Crippen MR) is 74.9 cm³/mol. The lowest BCUT2D eigenvalue weighted by Crippen LogP contribution is -2.18. The summed E-state index contributed by atoms with van der Waals surface area (Å²) in [5.41, 5.74) is 0.415. The van der Waals surface area contributed by atoms with Gasteiger partial charge in [-0.3, -0.25) is 0 Å². The summed E-state index contributed by atoms with van der Waals surface area (Å²) in [6.07, 6.45) is 3.91. The first kappa shape index (κ1) is 11.6. The molecule has 1 aromatic carbocycles. The quantitative estimate of drug-likeness (QED) is 0.773. The van der Waals surface area contributed by atoms with Gasteiger partial charge in [-0.05, 0) is 35.7 Å². The highest BCUT2D eigenvalue weighted by molar-refractivity contribution is 8.00. The molecule has 1 aliphatic rings. The number of hydrogen-bond acceptors (Lipinski definition) is 4. The molecule has 0 amide bonds. The summed E-state index contributed by atoms with van der Waals surface area (Å²) < 4.78 is 5.35. The molecule has 0 fully saturated rings. The molecule has 2 aromatic rings. The number of fused-ring (bicyclic) bond motifs is 1. The predicted octanol–water partition coefficient (Wildman–Crippen LogP) is 4.05. The summed E-state index contributed by atoms with van der Waals surface area (Å²) in [6.45, 7) is 0. The van der Waals surface area contributed by atoms with Crippen molar-refractivity contribution in [1.82, 2.24) is 0 Å². The fourth-order valence-corrected chi connectivity index (χ4v) is 3.30. The van der Waals surface area contributed by atoms with Crippen LogP contribution in [0.5, 0.6) is 0 Å². The van der Waals surface area contributed by atoms with Crippen molar-refractivity contribution in [2.45, 2.75) is 10.3 Å². The molecule has 90 valence electrons. The Morgan fingerprint density at radius 2 is 2.06 bits per heavy atom. The van der Waals surface area contributed by atoms with Crippen molar-refractivity contribution >= 4 is 35.1 Å². The van der Waals surface area contributed by atoms with E-state index in [2.05, 4.69) is 0 Å². The molecule has 1 aliphatic heterocycles. The maximum absolute atomic E-state index is 11.8. The molecule has 1 atom stereocenters. The summed E-state index contributed by atoms with van der Waals surface area (Å²) in [4.78, 5) is 13.9. The summed E-state index contributed by atoms with van der Waals surface area (Å²) in [7, 11) is 0. The fraction of sp³-hybridized carbons (Fsp3) is 0.0714. The van der Waals surface area contributed by atoms with E-state index in [9.17, 15) is 4.79 Å². The topological polar surface area (TPSA) is 26.3 Å². The van der Waals surface area contributed by atoms with Crippen LogP contribution in [-0.4, -0.2) is 11.4 Å². The Hall–Kier alpha value is -1.52. The van der Waals surface area contributed by atoms with Crippen molar-refractivity contribution in [3.8, 4) is 0 Å². The lowest BCUT2D eigenvalue weighted by atomic mass is 10.2. The molecule has 0 bridgehead atoms. The third-order valence-electron chi connectivity index (χ3n) is 2.53. The average molecular weight is 274 g/mol. The van der Waals surface area contributed by atoms with Gasteiger partial charge in [0.2, 0.25) is 0 Å². The fourth-order valence-electron chi connectivity index (χ4n) is 1.69. The van der Waals surface area contributed by atoms with Gasteiger partial charge in [-0.2, -0.15) is 0 Å². The van der Waals surface area contributed by atoms with E-state index in [1.807, 2.05) is 47.9 Å². The molecule has 0 saturated carbocycles. The minimum atomic E-state index is -0.245. The highest BCUT2D eigenvalue weighted by atomic mass is 32.2. The zero-order chi connectivity index (χ0) is 12.4. The zero-order valence-electron chi connectivity index (χ0n) is 9.41. The van der Waals surface area contributed by atoms with Crippen LogP contribution >= 0.6 is 23.1 Å². The van der Waals surface area contributed by atoms with Gasteiger partial charge in [0.05, 0.1) is 5.56 Å². The van der Waals surface area contributed by atoms with Crippen LogP contribution in [0.2, 0.25) is 0 Å². The summed E-state index contributed by atoms with van der Waals surface area (Å²) in [5, 5.41) is 2.02. The van der Waals surface area contributed by atoms with E-state index in [4.69, 9.17) is 4.74 Å². The van der Waals surface area contributed by atoms with Crippen molar-refractivity contribution in [1.29, 1.82) is 0 Å². The van der Waals surface area contributed by atoms with Crippen molar-refractivity contribution in [2.24, 2.45) is 0 Å². The average Bonchev–Trinajstić information content (AvgIpc) is 2.90. The molecule has 1 unspecified atom stereocenters. The van der Waals surface area contributed by atoms with Gasteiger partial charge in [-0.15, -0.1) is 11.3 Å². The molecular formula is C14H10O2S2. The van der Waals surface area contributed by atoms with Gasteiger partial charge >= 0.3 is 5.97 Å². The molecule has 3 rings (SSSR count). The van der Waals surface area contributed by atoms with Gasteiger partial charge in [-0.25, -0.2) is 4.79 Å². The Bertz CT molecular complexity index is 588. The van der Waals surface area contributed by atoms with E-state index in [0.29, 0.717) is 5.56 Å². The van der Waals surface area contributed by atoms with E-state index in [1.165, 1.54) is 0 Å². The van der Waals surface area contributed by atoms with Gasteiger partial charge < -0.3 is 4.74 Å². The molecule has 0 saturated heterocycles. The third kappa shape index (κ3) is 2.35. The maximum Gasteiger partial charge on any atom is 0.340 e. The molecule has 4 heteroatoms. The van der Waals surface area contributed by atoms with E-state index in [0.717, 1.165) is 9.77 Å². The molecule has 0 aliphatic carbocycles. The third-order valence-corrected chi connectivity index (χ3v) is 4.47. The van der Waals surface area contributed by atoms with Crippen molar-refractivity contribution in [3.63, 3.8) is 0 Å². The number of carbonyl (C=O) groups excluding carboxylic acids is 1. The normalized spacial score (nSPS) is 18.7. The number of cyclic esters (lactones) is 1. The Morgan fingerprint density at radius 1 is 1.17 bits per heavy atom. The van der Waals surface area contributed by atoms with Crippen LogP contribution in [0, 0.1) is 0 Å². The Labute approximate surface area is 113 Å². The second kappa shape index (κ2) is 5.00. The molecule has 2 heterocycles. The van der Waals surface area contributed by atoms with Gasteiger partial charge in [0.25, 0.3) is 0 Å². The molecule has 1 aromatic heterocycles. The van der Waals surface area contributed by atoms with Crippen LogP contribution in [0.3, 0.4) is 0 Å². The van der Waals surface area contributed by atoms with Crippen LogP contribution in [0.1, 0.15) is 15.2 Å². The molecule has 18 heavy (non-hydrogen) atoms.